The Hall–Kier alpha value is 0.390. The maximum Gasteiger partial charge on any atom is 0.214 e. The van der Waals surface area contributed by atoms with Gasteiger partial charge in [-0.2, -0.15) is 0 Å². The fourth-order valence-corrected chi connectivity index (χ4v) is 4.34. The molecule has 0 atom stereocenters. The number of piperidine rings is 1. The topological polar surface area (TPSA) is 37.4 Å². The van der Waals surface area contributed by atoms with E-state index in [1.165, 1.54) is 0 Å². The zero-order valence-electron chi connectivity index (χ0n) is 9.45. The molecule has 0 aromatic rings. The minimum Gasteiger partial charge on any atom is -0.212 e. The van der Waals surface area contributed by atoms with Gasteiger partial charge in [0.15, 0.2) is 0 Å². The first kappa shape index (κ1) is 13.5. The van der Waals surface area contributed by atoms with E-state index in [0.29, 0.717) is 19.0 Å². The SMILES string of the molecule is CC(C)CS(=O)(=O)N1CCC(CBr)CC1. The van der Waals surface area contributed by atoms with Gasteiger partial charge in [0, 0.05) is 18.4 Å². The second kappa shape index (κ2) is 5.64. The van der Waals surface area contributed by atoms with Crippen LogP contribution in [-0.4, -0.2) is 36.9 Å². The van der Waals surface area contributed by atoms with Crippen molar-refractivity contribution in [1.82, 2.24) is 4.31 Å². The van der Waals surface area contributed by atoms with Crippen molar-refractivity contribution >= 4 is 26.0 Å². The predicted octanol–water partition coefficient (Wildman–Crippen LogP) is 2.08. The molecule has 0 aromatic heterocycles. The van der Waals surface area contributed by atoms with E-state index in [1.807, 2.05) is 13.8 Å². The molecule has 5 heteroatoms. The number of sulfonamides is 1. The molecular weight excluding hydrogens is 278 g/mol. The molecular formula is C10H20BrNO2S. The van der Waals surface area contributed by atoms with Gasteiger partial charge in [0.2, 0.25) is 10.0 Å². The normalized spacial score (nSPS) is 21.1. The molecule has 0 bridgehead atoms. The van der Waals surface area contributed by atoms with Crippen molar-refractivity contribution in [2.45, 2.75) is 26.7 Å². The molecule has 1 fully saturated rings. The van der Waals surface area contributed by atoms with Crippen LogP contribution in [-0.2, 0) is 10.0 Å². The Morgan fingerprint density at radius 1 is 1.33 bits per heavy atom. The molecule has 0 amide bonds. The van der Waals surface area contributed by atoms with E-state index in [9.17, 15) is 8.42 Å². The molecule has 1 aliphatic heterocycles. The van der Waals surface area contributed by atoms with Gasteiger partial charge in [0.25, 0.3) is 0 Å². The van der Waals surface area contributed by atoms with Crippen LogP contribution in [0.1, 0.15) is 26.7 Å². The molecule has 15 heavy (non-hydrogen) atoms. The van der Waals surface area contributed by atoms with Gasteiger partial charge in [-0.1, -0.05) is 29.8 Å². The van der Waals surface area contributed by atoms with Crippen molar-refractivity contribution in [2.24, 2.45) is 11.8 Å². The van der Waals surface area contributed by atoms with Crippen LogP contribution >= 0.6 is 15.9 Å². The lowest BCUT2D eigenvalue weighted by molar-refractivity contribution is 0.291. The van der Waals surface area contributed by atoms with Gasteiger partial charge in [-0.3, -0.25) is 0 Å². The Bertz CT molecular complexity index is 282. The van der Waals surface area contributed by atoms with E-state index in [-0.39, 0.29) is 11.7 Å². The Balaban J connectivity index is 2.52. The highest BCUT2D eigenvalue weighted by atomic mass is 79.9. The van der Waals surface area contributed by atoms with Gasteiger partial charge in [-0.25, -0.2) is 12.7 Å². The number of hydrogen-bond donors (Lipinski definition) is 0. The first-order chi connectivity index (χ1) is 6.95. The molecule has 1 aliphatic rings. The van der Waals surface area contributed by atoms with Crippen molar-refractivity contribution < 1.29 is 8.42 Å². The molecule has 0 saturated carbocycles. The largest absolute Gasteiger partial charge is 0.214 e. The Labute approximate surface area is 101 Å². The summed E-state index contributed by atoms with van der Waals surface area (Å²) >= 11 is 3.45. The van der Waals surface area contributed by atoms with Gasteiger partial charge >= 0.3 is 0 Å². The van der Waals surface area contributed by atoms with Crippen molar-refractivity contribution in [1.29, 1.82) is 0 Å². The lowest BCUT2D eigenvalue weighted by atomic mass is 10.0. The second-order valence-electron chi connectivity index (χ2n) is 4.67. The van der Waals surface area contributed by atoms with Gasteiger partial charge in [0.05, 0.1) is 5.75 Å². The summed E-state index contributed by atoms with van der Waals surface area (Å²) < 4.78 is 25.5. The number of nitrogens with zero attached hydrogens (tertiary/aromatic N) is 1. The highest BCUT2D eigenvalue weighted by Crippen LogP contribution is 2.21. The third kappa shape index (κ3) is 4.04. The van der Waals surface area contributed by atoms with E-state index < -0.39 is 10.0 Å². The molecule has 0 radical (unpaired) electrons. The second-order valence-corrected chi connectivity index (χ2v) is 7.33. The van der Waals surface area contributed by atoms with Crippen LogP contribution in [0, 0.1) is 11.8 Å². The molecule has 1 rings (SSSR count). The van der Waals surface area contributed by atoms with Crippen molar-refractivity contribution in [3.05, 3.63) is 0 Å². The van der Waals surface area contributed by atoms with Crippen molar-refractivity contribution in [3.63, 3.8) is 0 Å². The molecule has 0 aliphatic carbocycles. The van der Waals surface area contributed by atoms with Crippen LogP contribution in [0.5, 0.6) is 0 Å². The summed E-state index contributed by atoms with van der Waals surface area (Å²) in [7, 11) is -3.00. The van der Waals surface area contributed by atoms with E-state index in [2.05, 4.69) is 15.9 Å². The van der Waals surface area contributed by atoms with Crippen molar-refractivity contribution in [3.8, 4) is 0 Å². The standard InChI is InChI=1S/C10H20BrNO2S/c1-9(2)8-15(13,14)12-5-3-10(7-11)4-6-12/h9-10H,3-8H2,1-2H3. The summed E-state index contributed by atoms with van der Waals surface area (Å²) in [5.74, 6) is 1.14. The Kier molecular flexibility index (Phi) is 5.06. The lowest BCUT2D eigenvalue weighted by Gasteiger charge is -2.30. The van der Waals surface area contributed by atoms with Crippen LogP contribution in [0.3, 0.4) is 0 Å². The molecule has 0 unspecified atom stereocenters. The molecule has 1 heterocycles. The number of halogens is 1. The minimum atomic E-state index is -3.00. The van der Waals surface area contributed by atoms with Crippen LogP contribution in [0.25, 0.3) is 0 Å². The average Bonchev–Trinajstić information content (AvgIpc) is 2.16. The smallest absolute Gasteiger partial charge is 0.212 e. The number of hydrogen-bond acceptors (Lipinski definition) is 2. The fourth-order valence-electron chi connectivity index (χ4n) is 1.87. The summed E-state index contributed by atoms with van der Waals surface area (Å²) in [4.78, 5) is 0. The molecule has 90 valence electrons. The maximum absolute atomic E-state index is 11.9. The summed E-state index contributed by atoms with van der Waals surface area (Å²) in [5.41, 5.74) is 0. The monoisotopic (exact) mass is 297 g/mol. The predicted molar refractivity (Wildman–Crippen MR) is 66.7 cm³/mol. The van der Waals surface area contributed by atoms with Gasteiger partial charge in [-0.05, 0) is 24.7 Å². The van der Waals surface area contributed by atoms with E-state index in [1.54, 1.807) is 4.31 Å². The summed E-state index contributed by atoms with van der Waals surface area (Å²) in [6.45, 7) is 5.29. The lowest BCUT2D eigenvalue weighted by Crippen LogP contribution is -2.40. The highest BCUT2D eigenvalue weighted by molar-refractivity contribution is 9.09. The Morgan fingerprint density at radius 2 is 1.87 bits per heavy atom. The summed E-state index contributed by atoms with van der Waals surface area (Å²) in [6.07, 6.45) is 1.98. The third-order valence-electron chi connectivity index (χ3n) is 2.73. The first-order valence-corrected chi connectivity index (χ1v) is 8.22. The molecule has 1 saturated heterocycles. The first-order valence-electron chi connectivity index (χ1n) is 5.49. The average molecular weight is 298 g/mol. The van der Waals surface area contributed by atoms with E-state index in [4.69, 9.17) is 0 Å². The van der Waals surface area contributed by atoms with Gasteiger partial charge in [-0.15, -0.1) is 0 Å². The third-order valence-corrected chi connectivity index (χ3v) is 5.88. The van der Waals surface area contributed by atoms with Crippen LogP contribution < -0.4 is 0 Å². The van der Waals surface area contributed by atoms with Crippen LogP contribution in [0.2, 0.25) is 0 Å². The number of rotatable bonds is 4. The van der Waals surface area contributed by atoms with E-state index >= 15 is 0 Å². The van der Waals surface area contributed by atoms with Crippen LogP contribution in [0.15, 0.2) is 0 Å². The molecule has 0 N–H and O–H groups in total. The molecule has 3 nitrogen and oxygen atoms in total. The zero-order chi connectivity index (χ0) is 11.5. The molecule has 0 spiro atoms. The molecule has 0 aromatic carbocycles. The Morgan fingerprint density at radius 3 is 2.27 bits per heavy atom. The van der Waals surface area contributed by atoms with Crippen molar-refractivity contribution in [2.75, 3.05) is 24.2 Å². The number of alkyl halides is 1. The van der Waals surface area contributed by atoms with Gasteiger partial charge < -0.3 is 0 Å². The zero-order valence-corrected chi connectivity index (χ0v) is 11.8. The quantitative estimate of drug-likeness (QED) is 0.745. The highest BCUT2D eigenvalue weighted by Gasteiger charge is 2.27. The summed E-state index contributed by atoms with van der Waals surface area (Å²) in [6, 6.07) is 0. The van der Waals surface area contributed by atoms with Gasteiger partial charge in [0.1, 0.15) is 0 Å². The summed E-state index contributed by atoms with van der Waals surface area (Å²) in [5, 5.41) is 0.991. The van der Waals surface area contributed by atoms with E-state index in [0.717, 1.165) is 18.2 Å². The fraction of sp³-hybridized carbons (Fsp3) is 1.00. The van der Waals surface area contributed by atoms with Crippen LogP contribution in [0.4, 0.5) is 0 Å². The minimum absolute atomic E-state index is 0.212. The maximum atomic E-state index is 11.9.